The topological polar surface area (TPSA) is 55.1 Å². The second-order valence-corrected chi connectivity index (χ2v) is 5.98. The van der Waals surface area contributed by atoms with Crippen molar-refractivity contribution in [3.05, 3.63) is 51.5 Å². The lowest BCUT2D eigenvalue weighted by molar-refractivity contribution is 0.0697. The number of aryl methyl sites for hydroxylation is 2. The van der Waals surface area contributed by atoms with Crippen molar-refractivity contribution in [3.8, 4) is 0 Å². The molecule has 4 nitrogen and oxygen atoms in total. The maximum atomic E-state index is 11.0. The maximum Gasteiger partial charge on any atom is 0.335 e. The fourth-order valence-corrected chi connectivity index (χ4v) is 3.51. The Morgan fingerprint density at radius 3 is 2.90 bits per heavy atom. The molecule has 1 aromatic carbocycles. The minimum atomic E-state index is -0.921. The average Bonchev–Trinajstić information content (AvgIpc) is 3.03. The number of carboxylic acid groups (broad SMARTS) is 1. The lowest BCUT2D eigenvalue weighted by atomic mass is 10.2. The summed E-state index contributed by atoms with van der Waals surface area (Å²) in [5, 5.41) is 11.2. The van der Waals surface area contributed by atoms with Gasteiger partial charge in [-0.25, -0.2) is 9.78 Å². The van der Waals surface area contributed by atoms with Gasteiger partial charge in [0.2, 0.25) is 0 Å². The van der Waals surface area contributed by atoms with Gasteiger partial charge in [0.15, 0.2) is 0 Å². The quantitative estimate of drug-likeness (QED) is 0.799. The highest BCUT2D eigenvalue weighted by Crippen LogP contribution is 2.23. The summed E-state index contributed by atoms with van der Waals surface area (Å²) in [7, 11) is 0. The summed E-state index contributed by atoms with van der Waals surface area (Å²) in [6, 6.07) is 7.28. The lowest BCUT2D eigenvalue weighted by Crippen LogP contribution is -2.02. The van der Waals surface area contributed by atoms with E-state index in [0.29, 0.717) is 0 Å². The molecule has 0 aliphatic heterocycles. The van der Waals surface area contributed by atoms with E-state index in [4.69, 9.17) is 5.11 Å². The van der Waals surface area contributed by atoms with Crippen LogP contribution in [0.5, 0.6) is 0 Å². The number of rotatable bonds is 4. The van der Waals surface area contributed by atoms with E-state index in [1.807, 2.05) is 13.0 Å². The van der Waals surface area contributed by atoms with E-state index in [2.05, 4.69) is 27.9 Å². The fourth-order valence-electron chi connectivity index (χ4n) is 2.55. The first-order valence-electron chi connectivity index (χ1n) is 6.85. The molecule has 1 N–H and O–H groups in total. The van der Waals surface area contributed by atoms with Crippen molar-refractivity contribution in [1.29, 1.82) is 0 Å². The molecule has 0 saturated carbocycles. The molecule has 3 aromatic rings. The van der Waals surface area contributed by atoms with Crippen LogP contribution in [0.2, 0.25) is 0 Å². The smallest absolute Gasteiger partial charge is 0.335 e. The first-order chi connectivity index (χ1) is 10.1. The van der Waals surface area contributed by atoms with Gasteiger partial charge in [0.25, 0.3) is 0 Å². The van der Waals surface area contributed by atoms with Gasteiger partial charge >= 0.3 is 5.97 Å². The molecule has 0 saturated heterocycles. The van der Waals surface area contributed by atoms with Gasteiger partial charge in [-0.1, -0.05) is 6.92 Å². The Hall–Kier alpha value is -2.14. The number of fused-ring (bicyclic) bond motifs is 1. The Bertz CT molecular complexity index is 817. The summed E-state index contributed by atoms with van der Waals surface area (Å²) in [5.41, 5.74) is 3.36. The first-order valence-corrected chi connectivity index (χ1v) is 7.73. The lowest BCUT2D eigenvalue weighted by Gasteiger charge is -2.07. The highest BCUT2D eigenvalue weighted by Gasteiger charge is 2.12. The van der Waals surface area contributed by atoms with E-state index in [1.54, 1.807) is 23.5 Å². The number of nitrogens with zero attached hydrogens (tertiary/aromatic N) is 2. The number of hydrogen-bond acceptors (Lipinski definition) is 3. The molecule has 2 heterocycles. The van der Waals surface area contributed by atoms with E-state index < -0.39 is 5.97 Å². The van der Waals surface area contributed by atoms with Crippen LogP contribution in [0.25, 0.3) is 11.0 Å². The fraction of sp³-hybridized carbons (Fsp3) is 0.250. The molecule has 0 aliphatic carbocycles. The summed E-state index contributed by atoms with van der Waals surface area (Å²) in [4.78, 5) is 16.9. The van der Waals surface area contributed by atoms with Gasteiger partial charge in [-0.05, 0) is 48.6 Å². The standard InChI is InChI=1S/C16H16N2O2S/c1-3-11-6-7-21-15(11)9-18-10(2)17-13-8-12(16(19)20)4-5-14(13)18/h4-8H,3,9H2,1-2H3,(H,19,20). The molecule has 5 heteroatoms. The number of thiophene rings is 1. The molecular weight excluding hydrogens is 284 g/mol. The predicted molar refractivity (Wildman–Crippen MR) is 84.2 cm³/mol. The minimum absolute atomic E-state index is 0.275. The van der Waals surface area contributed by atoms with Gasteiger partial charge in [0.05, 0.1) is 23.1 Å². The maximum absolute atomic E-state index is 11.0. The SMILES string of the molecule is CCc1ccsc1Cn1c(C)nc2cc(C(=O)O)ccc21. The number of carboxylic acids is 1. The van der Waals surface area contributed by atoms with Gasteiger partial charge in [-0.15, -0.1) is 11.3 Å². The van der Waals surface area contributed by atoms with Crippen molar-refractivity contribution >= 4 is 28.3 Å². The van der Waals surface area contributed by atoms with Gasteiger partial charge in [-0.2, -0.15) is 0 Å². The number of aromatic carboxylic acids is 1. The number of benzene rings is 1. The largest absolute Gasteiger partial charge is 0.478 e. The zero-order valence-corrected chi connectivity index (χ0v) is 12.8. The highest BCUT2D eigenvalue weighted by atomic mass is 32.1. The van der Waals surface area contributed by atoms with Crippen LogP contribution in [-0.2, 0) is 13.0 Å². The van der Waals surface area contributed by atoms with E-state index >= 15 is 0 Å². The summed E-state index contributed by atoms with van der Waals surface area (Å²) < 4.78 is 2.14. The molecule has 0 aliphatic rings. The third-order valence-corrected chi connectivity index (χ3v) is 4.65. The molecule has 3 rings (SSSR count). The van der Waals surface area contributed by atoms with Crippen molar-refractivity contribution in [1.82, 2.24) is 9.55 Å². The number of hydrogen-bond donors (Lipinski definition) is 1. The summed E-state index contributed by atoms with van der Waals surface area (Å²) >= 11 is 1.75. The Kier molecular flexibility index (Phi) is 3.51. The van der Waals surface area contributed by atoms with Crippen molar-refractivity contribution in [2.45, 2.75) is 26.8 Å². The normalized spacial score (nSPS) is 11.1. The highest BCUT2D eigenvalue weighted by molar-refractivity contribution is 7.10. The van der Waals surface area contributed by atoms with Crippen LogP contribution < -0.4 is 0 Å². The van der Waals surface area contributed by atoms with Gasteiger partial charge in [0.1, 0.15) is 5.82 Å². The summed E-state index contributed by atoms with van der Waals surface area (Å²) in [5.74, 6) is -0.0152. The van der Waals surface area contributed by atoms with Crippen LogP contribution in [0, 0.1) is 6.92 Å². The Morgan fingerprint density at radius 2 is 2.19 bits per heavy atom. The van der Waals surface area contributed by atoms with Crippen LogP contribution in [-0.4, -0.2) is 20.6 Å². The van der Waals surface area contributed by atoms with Crippen LogP contribution >= 0.6 is 11.3 Å². The second-order valence-electron chi connectivity index (χ2n) is 4.98. The van der Waals surface area contributed by atoms with Gasteiger partial charge in [0, 0.05) is 4.88 Å². The minimum Gasteiger partial charge on any atom is -0.478 e. The third kappa shape index (κ3) is 2.45. The number of carbonyl (C=O) groups is 1. The molecule has 0 amide bonds. The van der Waals surface area contributed by atoms with Crippen LogP contribution in [0.15, 0.2) is 29.6 Å². The first kappa shape index (κ1) is 13.8. The molecule has 0 radical (unpaired) electrons. The second kappa shape index (κ2) is 5.33. The van der Waals surface area contributed by atoms with E-state index in [-0.39, 0.29) is 5.56 Å². The zero-order valence-electron chi connectivity index (χ0n) is 12.0. The molecule has 0 spiro atoms. The van der Waals surface area contributed by atoms with Gasteiger partial charge in [-0.3, -0.25) is 0 Å². The van der Waals surface area contributed by atoms with Crippen LogP contribution in [0.3, 0.4) is 0 Å². The van der Waals surface area contributed by atoms with Crippen molar-refractivity contribution in [2.24, 2.45) is 0 Å². The van der Waals surface area contributed by atoms with Crippen molar-refractivity contribution in [3.63, 3.8) is 0 Å². The van der Waals surface area contributed by atoms with Crippen LogP contribution in [0.4, 0.5) is 0 Å². The predicted octanol–water partition coefficient (Wildman–Crippen LogP) is 3.72. The summed E-state index contributed by atoms with van der Waals surface area (Å²) in [6.07, 6.45) is 1.02. The Morgan fingerprint density at radius 1 is 1.38 bits per heavy atom. The molecule has 2 aromatic heterocycles. The average molecular weight is 300 g/mol. The van der Waals surface area contributed by atoms with E-state index in [0.717, 1.165) is 29.8 Å². The molecule has 0 bridgehead atoms. The Labute approximate surface area is 126 Å². The molecule has 21 heavy (non-hydrogen) atoms. The molecule has 108 valence electrons. The third-order valence-electron chi connectivity index (χ3n) is 3.71. The van der Waals surface area contributed by atoms with Crippen molar-refractivity contribution < 1.29 is 9.90 Å². The van der Waals surface area contributed by atoms with E-state index in [9.17, 15) is 4.79 Å². The Balaban J connectivity index is 2.06. The van der Waals surface area contributed by atoms with Crippen LogP contribution in [0.1, 0.15) is 33.5 Å². The summed E-state index contributed by atoms with van der Waals surface area (Å²) in [6.45, 7) is 4.90. The monoisotopic (exact) mass is 300 g/mol. The molecule has 0 atom stereocenters. The van der Waals surface area contributed by atoms with Crippen molar-refractivity contribution in [2.75, 3.05) is 0 Å². The number of aromatic nitrogens is 2. The molecule has 0 unspecified atom stereocenters. The molecular formula is C16H16N2O2S. The van der Waals surface area contributed by atoms with E-state index in [1.165, 1.54) is 10.4 Å². The molecule has 0 fully saturated rings. The zero-order chi connectivity index (χ0) is 15.0. The number of imidazole rings is 1. The van der Waals surface area contributed by atoms with Gasteiger partial charge < -0.3 is 9.67 Å².